The molecule has 106 valence electrons. The number of fused-ring (bicyclic) bond motifs is 1. The van der Waals surface area contributed by atoms with Crippen LogP contribution < -0.4 is 0 Å². The van der Waals surface area contributed by atoms with Crippen LogP contribution in [0.25, 0.3) is 0 Å². The summed E-state index contributed by atoms with van der Waals surface area (Å²) in [5.74, 6) is -2.05. The summed E-state index contributed by atoms with van der Waals surface area (Å²) in [4.78, 5) is 23.6. The van der Waals surface area contributed by atoms with Crippen LogP contribution in [-0.2, 0) is 9.59 Å². The number of nitriles is 1. The highest BCUT2D eigenvalue weighted by Gasteiger charge is 2.85. The molecule has 0 aromatic heterocycles. The van der Waals surface area contributed by atoms with E-state index in [1.165, 1.54) is 5.57 Å². The lowest BCUT2D eigenvalue weighted by molar-refractivity contribution is -0.143. The van der Waals surface area contributed by atoms with Crippen LogP contribution >= 0.6 is 0 Å². The average molecular weight is 273 g/mol. The van der Waals surface area contributed by atoms with Crippen molar-refractivity contribution in [2.75, 3.05) is 0 Å². The molecule has 0 aliphatic heterocycles. The molecular formula is C16H19NO3. The Balaban J connectivity index is 2.09. The van der Waals surface area contributed by atoms with Gasteiger partial charge in [0, 0.05) is 17.8 Å². The second-order valence-corrected chi connectivity index (χ2v) is 6.39. The van der Waals surface area contributed by atoms with Gasteiger partial charge in [0.1, 0.15) is 5.78 Å². The predicted molar refractivity (Wildman–Crippen MR) is 71.6 cm³/mol. The highest BCUT2D eigenvalue weighted by atomic mass is 16.4. The van der Waals surface area contributed by atoms with Crippen LogP contribution in [0.2, 0.25) is 0 Å². The lowest BCUT2D eigenvalue weighted by atomic mass is 9.74. The zero-order valence-electron chi connectivity index (χ0n) is 11.7. The quantitative estimate of drug-likeness (QED) is 0.802. The van der Waals surface area contributed by atoms with E-state index in [1.807, 2.05) is 0 Å². The highest BCUT2D eigenvalue weighted by Crippen LogP contribution is 2.81. The Labute approximate surface area is 118 Å². The Bertz CT molecular complexity index is 559. The van der Waals surface area contributed by atoms with E-state index in [1.54, 1.807) is 6.92 Å². The van der Waals surface area contributed by atoms with E-state index in [2.05, 4.69) is 12.1 Å². The largest absolute Gasteiger partial charge is 0.481 e. The third kappa shape index (κ3) is 1.31. The van der Waals surface area contributed by atoms with E-state index < -0.39 is 22.7 Å². The van der Waals surface area contributed by atoms with E-state index in [4.69, 9.17) is 0 Å². The summed E-state index contributed by atoms with van der Waals surface area (Å²) in [6.45, 7) is 1.59. The Kier molecular flexibility index (Phi) is 2.79. The number of carboxylic acid groups (broad SMARTS) is 1. The van der Waals surface area contributed by atoms with Crippen LogP contribution in [0.3, 0.4) is 0 Å². The molecule has 3 aliphatic rings. The summed E-state index contributed by atoms with van der Waals surface area (Å²) in [7, 11) is 0. The summed E-state index contributed by atoms with van der Waals surface area (Å²) < 4.78 is 0. The molecular weight excluding hydrogens is 254 g/mol. The normalized spacial score (nSPS) is 40.5. The smallest absolute Gasteiger partial charge is 0.307 e. The van der Waals surface area contributed by atoms with Crippen molar-refractivity contribution in [2.45, 2.75) is 45.4 Å². The number of aliphatic carboxylic acids is 1. The fourth-order valence-electron chi connectivity index (χ4n) is 4.85. The van der Waals surface area contributed by atoms with E-state index in [-0.39, 0.29) is 11.7 Å². The van der Waals surface area contributed by atoms with Crippen molar-refractivity contribution in [3.63, 3.8) is 0 Å². The van der Waals surface area contributed by atoms with Crippen molar-refractivity contribution in [3.8, 4) is 6.07 Å². The molecule has 20 heavy (non-hydrogen) atoms. The summed E-state index contributed by atoms with van der Waals surface area (Å²) in [6, 6.07) is 2.26. The van der Waals surface area contributed by atoms with Crippen molar-refractivity contribution >= 4 is 11.8 Å². The number of ketones is 1. The van der Waals surface area contributed by atoms with Crippen molar-refractivity contribution in [1.82, 2.24) is 0 Å². The first-order valence-corrected chi connectivity index (χ1v) is 7.38. The number of hydrogen-bond acceptors (Lipinski definition) is 3. The molecule has 0 amide bonds. The number of rotatable bonds is 3. The number of carbonyl (C=O) groups excluding carboxylic acids is 1. The highest BCUT2D eigenvalue weighted by molar-refractivity contribution is 5.94. The van der Waals surface area contributed by atoms with Gasteiger partial charge in [0.15, 0.2) is 0 Å². The molecule has 0 saturated heterocycles. The minimum absolute atomic E-state index is 0.0890. The number of carbonyl (C=O) groups is 2. The lowest BCUT2D eigenvalue weighted by Crippen LogP contribution is -2.30. The van der Waals surface area contributed by atoms with Crippen molar-refractivity contribution in [2.24, 2.45) is 22.7 Å². The van der Waals surface area contributed by atoms with E-state index in [9.17, 15) is 20.0 Å². The molecule has 0 aromatic rings. The number of allylic oxidation sites excluding steroid dienone is 2. The van der Waals surface area contributed by atoms with Gasteiger partial charge in [0.05, 0.1) is 17.4 Å². The summed E-state index contributed by atoms with van der Waals surface area (Å²) >= 11 is 0. The zero-order chi connectivity index (χ0) is 14.5. The number of Topliss-reactive ketones (excluding diaryl/α,β-unsaturated/α-hetero) is 1. The molecule has 0 bridgehead atoms. The molecule has 3 aliphatic carbocycles. The van der Waals surface area contributed by atoms with Crippen molar-refractivity contribution in [1.29, 1.82) is 5.26 Å². The van der Waals surface area contributed by atoms with Crippen LogP contribution in [0.4, 0.5) is 0 Å². The number of carboxylic acids is 1. The number of hydrogen-bond donors (Lipinski definition) is 1. The van der Waals surface area contributed by atoms with E-state index >= 15 is 0 Å². The Morgan fingerprint density at radius 2 is 2.25 bits per heavy atom. The van der Waals surface area contributed by atoms with E-state index in [0.717, 1.165) is 25.7 Å². The van der Waals surface area contributed by atoms with Crippen molar-refractivity contribution < 1.29 is 14.7 Å². The average Bonchev–Trinajstić information content (AvgIpc) is 2.94. The van der Waals surface area contributed by atoms with Gasteiger partial charge < -0.3 is 5.11 Å². The summed E-state index contributed by atoms with van der Waals surface area (Å²) in [5, 5.41) is 19.1. The minimum atomic E-state index is -1.00. The standard InChI is InChI=1S/C16H19NO3/c1-10(14(19)20)16(9-17)13-12(18)7-8-15(13,16)11-5-3-2-4-6-11/h5,10,13H,2-4,6-8H2,1H3,(H,19,20)/t10?,13?,15?,16-/m0/s1. The second kappa shape index (κ2) is 4.18. The van der Waals surface area contributed by atoms with E-state index in [0.29, 0.717) is 12.8 Å². The zero-order valence-corrected chi connectivity index (χ0v) is 11.7. The maximum absolute atomic E-state index is 12.2. The first kappa shape index (κ1) is 13.4. The van der Waals surface area contributed by atoms with Gasteiger partial charge in [-0.25, -0.2) is 0 Å². The molecule has 0 spiro atoms. The maximum Gasteiger partial charge on any atom is 0.307 e. The summed E-state index contributed by atoms with van der Waals surface area (Å²) in [6.07, 6.45) is 7.46. The van der Waals surface area contributed by atoms with Crippen LogP contribution in [0, 0.1) is 34.0 Å². The van der Waals surface area contributed by atoms with Crippen molar-refractivity contribution in [3.05, 3.63) is 11.6 Å². The van der Waals surface area contributed by atoms with Gasteiger partial charge in [0.25, 0.3) is 0 Å². The second-order valence-electron chi connectivity index (χ2n) is 6.39. The fraction of sp³-hybridized carbons (Fsp3) is 0.688. The molecule has 4 heteroatoms. The topological polar surface area (TPSA) is 78.2 Å². The van der Waals surface area contributed by atoms with Gasteiger partial charge in [-0.05, 0) is 32.1 Å². The monoisotopic (exact) mass is 273 g/mol. The first-order chi connectivity index (χ1) is 9.52. The van der Waals surface area contributed by atoms with Gasteiger partial charge >= 0.3 is 5.97 Å². The van der Waals surface area contributed by atoms with Crippen LogP contribution in [-0.4, -0.2) is 16.9 Å². The molecule has 0 aromatic carbocycles. The predicted octanol–water partition coefficient (Wildman–Crippen LogP) is 2.70. The Hall–Kier alpha value is -1.63. The molecule has 0 radical (unpaired) electrons. The number of nitrogens with zero attached hydrogens (tertiary/aromatic N) is 1. The van der Waals surface area contributed by atoms with Gasteiger partial charge in [-0.1, -0.05) is 18.6 Å². The van der Waals surface area contributed by atoms with Crippen LogP contribution in [0.5, 0.6) is 0 Å². The van der Waals surface area contributed by atoms with Gasteiger partial charge in [-0.2, -0.15) is 5.26 Å². The minimum Gasteiger partial charge on any atom is -0.481 e. The van der Waals surface area contributed by atoms with Gasteiger partial charge in [-0.3, -0.25) is 9.59 Å². The molecule has 2 saturated carbocycles. The third-order valence-corrected chi connectivity index (χ3v) is 5.79. The van der Waals surface area contributed by atoms with Crippen LogP contribution in [0.1, 0.15) is 45.4 Å². The maximum atomic E-state index is 12.2. The third-order valence-electron chi connectivity index (χ3n) is 5.79. The Morgan fingerprint density at radius 1 is 1.50 bits per heavy atom. The van der Waals surface area contributed by atoms with Gasteiger partial charge in [-0.15, -0.1) is 0 Å². The molecule has 0 heterocycles. The first-order valence-electron chi connectivity index (χ1n) is 7.38. The van der Waals surface area contributed by atoms with Gasteiger partial charge in [0.2, 0.25) is 0 Å². The summed E-state index contributed by atoms with van der Waals surface area (Å²) in [5.41, 5.74) is -0.275. The SMILES string of the molecule is CC(C(=O)O)[C@@]1(C#N)C2C(=O)CCC21C1=CCCCC1. The molecule has 4 atom stereocenters. The molecule has 2 fully saturated rings. The molecule has 3 unspecified atom stereocenters. The Morgan fingerprint density at radius 3 is 2.80 bits per heavy atom. The lowest BCUT2D eigenvalue weighted by Gasteiger charge is -2.27. The molecule has 4 nitrogen and oxygen atoms in total. The van der Waals surface area contributed by atoms with Crippen LogP contribution in [0.15, 0.2) is 11.6 Å². The fourth-order valence-corrected chi connectivity index (χ4v) is 4.85. The molecule has 3 rings (SSSR count). The molecule has 1 N–H and O–H groups in total.